The van der Waals surface area contributed by atoms with Gasteiger partial charge >= 0.3 is 0 Å². The molecule has 0 spiro atoms. The zero-order chi connectivity index (χ0) is 9.10. The van der Waals surface area contributed by atoms with Gasteiger partial charge in [0.25, 0.3) is 0 Å². The van der Waals surface area contributed by atoms with Crippen molar-refractivity contribution in [1.29, 1.82) is 0 Å². The number of nitrogens with one attached hydrogen (secondary N) is 1. The number of hydrogen-bond acceptors (Lipinski definition) is 3. The monoisotopic (exact) mass is 174 g/mol. The molecule has 4 nitrogen and oxygen atoms in total. The van der Waals surface area contributed by atoms with Crippen molar-refractivity contribution in [2.24, 2.45) is 0 Å². The van der Waals surface area contributed by atoms with Gasteiger partial charge in [-0.1, -0.05) is 0 Å². The molecule has 2 aromatic heterocycles. The molecule has 0 bridgehead atoms. The number of pyridine rings is 1. The fourth-order valence-corrected chi connectivity index (χ4v) is 1.08. The van der Waals surface area contributed by atoms with Crippen molar-refractivity contribution < 1.29 is 0 Å². The van der Waals surface area contributed by atoms with E-state index in [0.29, 0.717) is 0 Å². The molecule has 1 N–H and O–H groups in total. The van der Waals surface area contributed by atoms with Crippen molar-refractivity contribution in [3.8, 4) is 5.69 Å². The molecule has 0 aliphatic carbocycles. The minimum atomic E-state index is 0.962. The highest BCUT2D eigenvalue weighted by Gasteiger charge is 1.97. The molecule has 0 fully saturated rings. The molecule has 0 atom stereocenters. The van der Waals surface area contributed by atoms with Crippen molar-refractivity contribution in [2.75, 3.05) is 12.4 Å². The van der Waals surface area contributed by atoms with Gasteiger partial charge in [-0.3, -0.25) is 4.98 Å². The van der Waals surface area contributed by atoms with Crippen molar-refractivity contribution in [2.45, 2.75) is 0 Å². The van der Waals surface area contributed by atoms with Crippen LogP contribution in [0, 0.1) is 0 Å². The predicted molar refractivity (Wildman–Crippen MR) is 50.9 cm³/mol. The molecular weight excluding hydrogens is 164 g/mol. The van der Waals surface area contributed by atoms with Crippen LogP contribution in [0.5, 0.6) is 0 Å². The predicted octanol–water partition coefficient (Wildman–Crippen LogP) is 1.31. The van der Waals surface area contributed by atoms with Gasteiger partial charge in [0.2, 0.25) is 0 Å². The number of rotatable bonds is 2. The highest BCUT2D eigenvalue weighted by Crippen LogP contribution is 2.08. The summed E-state index contributed by atoms with van der Waals surface area (Å²) in [6.45, 7) is 0. The highest BCUT2D eigenvalue weighted by atomic mass is 15.3. The molecule has 0 unspecified atom stereocenters. The summed E-state index contributed by atoms with van der Waals surface area (Å²) in [5, 5.41) is 7.18. The van der Waals surface area contributed by atoms with E-state index in [9.17, 15) is 0 Å². The van der Waals surface area contributed by atoms with E-state index in [0.717, 1.165) is 11.4 Å². The van der Waals surface area contributed by atoms with Crippen LogP contribution in [0.15, 0.2) is 36.9 Å². The first-order chi connectivity index (χ1) is 6.40. The summed E-state index contributed by atoms with van der Waals surface area (Å²) in [4.78, 5) is 4.01. The Morgan fingerprint density at radius 3 is 2.92 bits per heavy atom. The van der Waals surface area contributed by atoms with Crippen molar-refractivity contribution in [1.82, 2.24) is 14.8 Å². The summed E-state index contributed by atoms with van der Waals surface area (Å²) in [7, 11) is 1.87. The summed E-state index contributed by atoms with van der Waals surface area (Å²) in [6, 6.07) is 3.84. The summed E-state index contributed by atoms with van der Waals surface area (Å²) in [5.41, 5.74) is 1.95. The normalized spacial score (nSPS) is 9.92. The molecule has 2 aromatic rings. The lowest BCUT2D eigenvalue weighted by Crippen LogP contribution is -1.93. The van der Waals surface area contributed by atoms with Crippen molar-refractivity contribution in [3.05, 3.63) is 36.9 Å². The van der Waals surface area contributed by atoms with Gasteiger partial charge in [-0.05, 0) is 12.1 Å². The van der Waals surface area contributed by atoms with Crippen LogP contribution in [-0.2, 0) is 0 Å². The molecule has 0 aliphatic heterocycles. The van der Waals surface area contributed by atoms with Gasteiger partial charge in [0.1, 0.15) is 0 Å². The van der Waals surface area contributed by atoms with Gasteiger partial charge in [-0.25, -0.2) is 4.68 Å². The fraction of sp³-hybridized carbons (Fsp3) is 0.111. The zero-order valence-electron chi connectivity index (χ0n) is 7.31. The van der Waals surface area contributed by atoms with Crippen molar-refractivity contribution in [3.63, 3.8) is 0 Å². The molecule has 0 aliphatic rings. The second-order valence-electron chi connectivity index (χ2n) is 2.63. The molecule has 4 heteroatoms. The maximum absolute atomic E-state index is 4.17. The van der Waals surface area contributed by atoms with E-state index in [4.69, 9.17) is 0 Å². The Morgan fingerprint density at radius 2 is 2.31 bits per heavy atom. The van der Waals surface area contributed by atoms with Crippen LogP contribution in [0.3, 0.4) is 0 Å². The number of anilines is 1. The van der Waals surface area contributed by atoms with E-state index < -0.39 is 0 Å². The molecule has 2 heterocycles. The van der Waals surface area contributed by atoms with E-state index in [1.807, 2.05) is 25.4 Å². The van der Waals surface area contributed by atoms with Crippen LogP contribution in [0.25, 0.3) is 5.69 Å². The Labute approximate surface area is 76.2 Å². The fourth-order valence-electron chi connectivity index (χ4n) is 1.08. The van der Waals surface area contributed by atoms with Crippen LogP contribution < -0.4 is 5.32 Å². The summed E-state index contributed by atoms with van der Waals surface area (Å²) in [5.74, 6) is 0. The first kappa shape index (κ1) is 7.79. The maximum Gasteiger partial charge on any atom is 0.0829 e. The Bertz CT molecular complexity index is 380. The van der Waals surface area contributed by atoms with Crippen LogP contribution >= 0.6 is 0 Å². The van der Waals surface area contributed by atoms with Crippen LogP contribution in [0.2, 0.25) is 0 Å². The Hall–Kier alpha value is -1.84. The number of hydrogen-bond donors (Lipinski definition) is 1. The Kier molecular flexibility index (Phi) is 1.96. The Balaban J connectivity index is 2.36. The van der Waals surface area contributed by atoms with Crippen LogP contribution in [0.4, 0.5) is 5.69 Å². The van der Waals surface area contributed by atoms with Gasteiger partial charge in [-0.2, -0.15) is 5.10 Å². The summed E-state index contributed by atoms with van der Waals surface area (Å²) in [6.07, 6.45) is 7.20. The highest BCUT2D eigenvalue weighted by molar-refractivity contribution is 5.40. The molecule has 2 rings (SSSR count). The van der Waals surface area contributed by atoms with E-state index in [1.54, 1.807) is 23.3 Å². The minimum absolute atomic E-state index is 0.962. The molecule has 0 saturated heterocycles. The van der Waals surface area contributed by atoms with E-state index in [2.05, 4.69) is 15.4 Å². The molecule has 0 radical (unpaired) electrons. The number of nitrogens with zero attached hydrogens (tertiary/aromatic N) is 3. The second-order valence-corrected chi connectivity index (χ2v) is 2.63. The second kappa shape index (κ2) is 3.26. The standard InChI is InChI=1S/C9H10N4/c1-10-8-5-12-13(7-8)9-3-2-4-11-6-9/h2-7,10H,1H3. The average molecular weight is 174 g/mol. The van der Waals surface area contributed by atoms with Gasteiger partial charge in [0.15, 0.2) is 0 Å². The van der Waals surface area contributed by atoms with E-state index in [-0.39, 0.29) is 0 Å². The SMILES string of the molecule is CNc1cnn(-c2cccnc2)c1. The van der Waals surface area contributed by atoms with Gasteiger partial charge in [0.05, 0.1) is 30.0 Å². The lowest BCUT2D eigenvalue weighted by molar-refractivity contribution is 0.874. The first-order valence-electron chi connectivity index (χ1n) is 4.03. The van der Waals surface area contributed by atoms with Gasteiger partial charge in [-0.15, -0.1) is 0 Å². The molecule has 0 saturated carbocycles. The largest absolute Gasteiger partial charge is 0.386 e. The smallest absolute Gasteiger partial charge is 0.0829 e. The minimum Gasteiger partial charge on any atom is -0.386 e. The Morgan fingerprint density at radius 1 is 1.38 bits per heavy atom. The molecule has 0 amide bonds. The van der Waals surface area contributed by atoms with Gasteiger partial charge in [0, 0.05) is 13.2 Å². The van der Waals surface area contributed by atoms with Crippen LogP contribution in [-0.4, -0.2) is 21.8 Å². The third-order valence-electron chi connectivity index (χ3n) is 1.78. The first-order valence-corrected chi connectivity index (χ1v) is 4.03. The average Bonchev–Trinajstić information content (AvgIpc) is 2.67. The van der Waals surface area contributed by atoms with Gasteiger partial charge < -0.3 is 5.32 Å². The lowest BCUT2D eigenvalue weighted by Gasteiger charge is -1.97. The number of aromatic nitrogens is 3. The topological polar surface area (TPSA) is 42.7 Å². The van der Waals surface area contributed by atoms with E-state index >= 15 is 0 Å². The maximum atomic E-state index is 4.17. The molecule has 0 aromatic carbocycles. The quantitative estimate of drug-likeness (QED) is 0.746. The van der Waals surface area contributed by atoms with E-state index in [1.165, 1.54) is 0 Å². The molecule has 66 valence electrons. The lowest BCUT2D eigenvalue weighted by atomic mass is 10.4. The summed E-state index contributed by atoms with van der Waals surface area (Å²) >= 11 is 0. The molecular formula is C9H10N4. The van der Waals surface area contributed by atoms with Crippen molar-refractivity contribution >= 4 is 5.69 Å². The zero-order valence-corrected chi connectivity index (χ0v) is 7.31. The van der Waals surface area contributed by atoms with Crippen LogP contribution in [0.1, 0.15) is 0 Å². The third kappa shape index (κ3) is 1.51. The third-order valence-corrected chi connectivity index (χ3v) is 1.78. The molecule has 13 heavy (non-hydrogen) atoms. The summed E-state index contributed by atoms with van der Waals surface area (Å²) < 4.78 is 1.78.